The third kappa shape index (κ3) is 2.77. The molecule has 2 heterocycles. The maximum absolute atomic E-state index is 12.7. The standard InChI is InChI=1S/C15H17N5O2S/c1-4-19-13(21)12(18-20-14(19)16-17-15(20)23)10-5-7-11(8-6-10)22-9(2)3/h5-9H,4H2,1-3H3,(H,17,23). The van der Waals surface area contributed by atoms with Crippen LogP contribution in [0.25, 0.3) is 17.0 Å². The van der Waals surface area contributed by atoms with Crippen molar-refractivity contribution in [2.45, 2.75) is 33.4 Å². The lowest BCUT2D eigenvalue weighted by molar-refractivity contribution is 0.242. The zero-order chi connectivity index (χ0) is 16.6. The van der Waals surface area contributed by atoms with Gasteiger partial charge in [-0.25, -0.2) is 5.10 Å². The predicted octanol–water partition coefficient (Wildman–Crippen LogP) is 2.42. The van der Waals surface area contributed by atoms with Crippen LogP contribution in [0, 0.1) is 4.77 Å². The number of fused-ring (bicyclic) bond motifs is 1. The van der Waals surface area contributed by atoms with Crippen molar-refractivity contribution in [1.29, 1.82) is 0 Å². The van der Waals surface area contributed by atoms with Crippen molar-refractivity contribution in [2.24, 2.45) is 0 Å². The Kier molecular flexibility index (Phi) is 3.99. The summed E-state index contributed by atoms with van der Waals surface area (Å²) in [4.78, 5) is 12.7. The van der Waals surface area contributed by atoms with Crippen LogP contribution in [0.1, 0.15) is 20.8 Å². The second-order valence-electron chi connectivity index (χ2n) is 5.33. The van der Waals surface area contributed by atoms with Gasteiger partial charge in [-0.2, -0.15) is 9.61 Å². The lowest BCUT2D eigenvalue weighted by Crippen LogP contribution is -2.25. The number of aromatic amines is 1. The molecular formula is C15H17N5O2S. The van der Waals surface area contributed by atoms with Crippen LogP contribution in [-0.4, -0.2) is 30.5 Å². The van der Waals surface area contributed by atoms with E-state index < -0.39 is 0 Å². The van der Waals surface area contributed by atoms with Crippen molar-refractivity contribution in [3.8, 4) is 17.0 Å². The SMILES string of the molecule is CCn1c(=O)c(-c2ccc(OC(C)C)cc2)nn2c(=S)[nH]nc12. The minimum atomic E-state index is -0.202. The van der Waals surface area contributed by atoms with E-state index in [0.717, 1.165) is 5.75 Å². The molecule has 0 radical (unpaired) electrons. The fourth-order valence-electron chi connectivity index (χ4n) is 2.34. The second kappa shape index (κ2) is 5.96. The van der Waals surface area contributed by atoms with Crippen molar-refractivity contribution >= 4 is 18.0 Å². The van der Waals surface area contributed by atoms with Crippen LogP contribution >= 0.6 is 12.2 Å². The highest BCUT2D eigenvalue weighted by Crippen LogP contribution is 2.19. The van der Waals surface area contributed by atoms with Gasteiger partial charge in [0.05, 0.1) is 6.10 Å². The van der Waals surface area contributed by atoms with E-state index in [-0.39, 0.29) is 11.7 Å². The molecule has 3 rings (SSSR count). The van der Waals surface area contributed by atoms with Crippen molar-refractivity contribution in [3.63, 3.8) is 0 Å². The Balaban J connectivity index is 2.16. The van der Waals surface area contributed by atoms with E-state index in [1.54, 1.807) is 0 Å². The highest BCUT2D eigenvalue weighted by Gasteiger charge is 2.14. The van der Waals surface area contributed by atoms with Gasteiger partial charge in [-0.3, -0.25) is 9.36 Å². The Labute approximate surface area is 137 Å². The quantitative estimate of drug-likeness (QED) is 0.743. The Bertz CT molecular complexity index is 953. The number of hydrogen-bond donors (Lipinski definition) is 1. The summed E-state index contributed by atoms with van der Waals surface area (Å²) in [6.45, 7) is 6.28. The predicted molar refractivity (Wildman–Crippen MR) is 89.3 cm³/mol. The molecule has 0 aliphatic heterocycles. The molecule has 3 aromatic rings. The molecule has 0 amide bonds. The number of hydrogen-bond acceptors (Lipinski definition) is 5. The van der Waals surface area contributed by atoms with Crippen LogP contribution in [0.2, 0.25) is 0 Å². The Morgan fingerprint density at radius 1 is 1.30 bits per heavy atom. The molecule has 0 saturated heterocycles. The third-order valence-electron chi connectivity index (χ3n) is 3.34. The number of nitrogens with zero attached hydrogens (tertiary/aromatic N) is 4. The van der Waals surface area contributed by atoms with Gasteiger partial charge in [0, 0.05) is 12.1 Å². The lowest BCUT2D eigenvalue weighted by atomic mass is 10.1. The summed E-state index contributed by atoms with van der Waals surface area (Å²) in [5.41, 5.74) is 0.831. The number of rotatable bonds is 4. The van der Waals surface area contributed by atoms with Crippen LogP contribution in [0.15, 0.2) is 29.1 Å². The van der Waals surface area contributed by atoms with Crippen LogP contribution in [0.4, 0.5) is 0 Å². The zero-order valence-corrected chi connectivity index (χ0v) is 13.9. The van der Waals surface area contributed by atoms with E-state index in [2.05, 4.69) is 15.3 Å². The summed E-state index contributed by atoms with van der Waals surface area (Å²) < 4.78 is 8.97. The summed E-state index contributed by atoms with van der Waals surface area (Å²) in [6, 6.07) is 7.28. The average Bonchev–Trinajstić information content (AvgIpc) is 2.88. The molecule has 8 heteroatoms. The van der Waals surface area contributed by atoms with Crippen LogP contribution in [-0.2, 0) is 6.54 Å². The summed E-state index contributed by atoms with van der Waals surface area (Å²) in [5, 5.41) is 11.1. The highest BCUT2D eigenvalue weighted by molar-refractivity contribution is 7.71. The molecule has 0 spiro atoms. The van der Waals surface area contributed by atoms with Gasteiger partial charge in [0.1, 0.15) is 5.75 Å². The van der Waals surface area contributed by atoms with Gasteiger partial charge in [-0.1, -0.05) is 0 Å². The minimum absolute atomic E-state index is 0.0944. The Morgan fingerprint density at radius 2 is 2.00 bits per heavy atom. The fourth-order valence-corrected chi connectivity index (χ4v) is 2.51. The Morgan fingerprint density at radius 3 is 2.61 bits per heavy atom. The first kappa shape index (κ1) is 15.4. The van der Waals surface area contributed by atoms with Crippen molar-refractivity contribution in [1.82, 2.24) is 24.4 Å². The summed E-state index contributed by atoms with van der Waals surface area (Å²) in [7, 11) is 0. The number of ether oxygens (including phenoxy) is 1. The van der Waals surface area contributed by atoms with Crippen LogP contribution < -0.4 is 10.3 Å². The molecule has 0 aliphatic carbocycles. The smallest absolute Gasteiger partial charge is 0.281 e. The maximum Gasteiger partial charge on any atom is 0.281 e. The van der Waals surface area contributed by atoms with E-state index in [9.17, 15) is 4.79 Å². The number of H-pyrrole nitrogens is 1. The first-order valence-electron chi connectivity index (χ1n) is 7.36. The third-order valence-corrected chi connectivity index (χ3v) is 3.60. The molecule has 1 N–H and O–H groups in total. The van der Waals surface area contributed by atoms with Gasteiger partial charge < -0.3 is 4.74 Å². The summed E-state index contributed by atoms with van der Waals surface area (Å²) in [5.74, 6) is 1.16. The van der Waals surface area contributed by atoms with E-state index >= 15 is 0 Å². The van der Waals surface area contributed by atoms with Gasteiger partial charge in [0.15, 0.2) is 5.69 Å². The van der Waals surface area contributed by atoms with Crippen molar-refractivity contribution in [3.05, 3.63) is 39.4 Å². The monoisotopic (exact) mass is 331 g/mol. The van der Waals surface area contributed by atoms with Crippen molar-refractivity contribution < 1.29 is 4.74 Å². The molecule has 1 aromatic carbocycles. The molecule has 0 aliphatic rings. The molecule has 0 atom stereocenters. The van der Waals surface area contributed by atoms with Crippen LogP contribution in [0.5, 0.6) is 5.75 Å². The lowest BCUT2D eigenvalue weighted by Gasteiger charge is -2.10. The average molecular weight is 331 g/mol. The van der Waals surface area contributed by atoms with Gasteiger partial charge in [-0.15, -0.1) is 5.10 Å². The topological polar surface area (TPSA) is 77.2 Å². The molecule has 0 fully saturated rings. The molecule has 0 saturated carbocycles. The summed E-state index contributed by atoms with van der Waals surface area (Å²) >= 11 is 5.16. The summed E-state index contributed by atoms with van der Waals surface area (Å²) in [6.07, 6.45) is 0.0944. The molecule has 23 heavy (non-hydrogen) atoms. The van der Waals surface area contributed by atoms with Gasteiger partial charge in [0.25, 0.3) is 11.3 Å². The zero-order valence-electron chi connectivity index (χ0n) is 13.1. The second-order valence-corrected chi connectivity index (χ2v) is 5.72. The molecular weight excluding hydrogens is 314 g/mol. The number of nitrogens with one attached hydrogen (secondary N) is 1. The van der Waals surface area contributed by atoms with Gasteiger partial charge in [0.2, 0.25) is 4.77 Å². The maximum atomic E-state index is 12.7. The van der Waals surface area contributed by atoms with E-state index in [1.807, 2.05) is 45.0 Å². The van der Waals surface area contributed by atoms with E-state index in [0.29, 0.717) is 28.4 Å². The fraction of sp³-hybridized carbons (Fsp3) is 0.333. The van der Waals surface area contributed by atoms with Crippen LogP contribution in [0.3, 0.4) is 0 Å². The molecule has 0 unspecified atom stereocenters. The molecule has 0 bridgehead atoms. The minimum Gasteiger partial charge on any atom is -0.491 e. The molecule has 2 aromatic heterocycles. The highest BCUT2D eigenvalue weighted by atomic mass is 32.1. The number of aromatic nitrogens is 5. The van der Waals surface area contributed by atoms with Gasteiger partial charge >= 0.3 is 0 Å². The molecule has 7 nitrogen and oxygen atoms in total. The first-order valence-corrected chi connectivity index (χ1v) is 7.77. The number of aryl methyl sites for hydroxylation is 1. The van der Waals surface area contributed by atoms with Crippen molar-refractivity contribution in [2.75, 3.05) is 0 Å². The number of benzene rings is 1. The normalized spacial score (nSPS) is 11.3. The van der Waals surface area contributed by atoms with Gasteiger partial charge in [-0.05, 0) is 57.3 Å². The van der Waals surface area contributed by atoms with E-state index in [1.165, 1.54) is 9.08 Å². The van der Waals surface area contributed by atoms with E-state index in [4.69, 9.17) is 17.0 Å². The Hall–Kier alpha value is -2.48. The largest absolute Gasteiger partial charge is 0.491 e. The first-order chi connectivity index (χ1) is 11.0. The molecule has 120 valence electrons.